The molecule has 0 amide bonds. The molecule has 0 saturated heterocycles. The molecule has 0 aliphatic heterocycles. The number of ether oxygens (including phenoxy) is 1. The van der Waals surface area contributed by atoms with E-state index in [9.17, 15) is 4.79 Å². The van der Waals surface area contributed by atoms with Crippen molar-refractivity contribution in [2.45, 2.75) is 12.8 Å². The summed E-state index contributed by atoms with van der Waals surface area (Å²) in [4.78, 5) is 17.7. The third-order valence-corrected chi connectivity index (χ3v) is 5.33. The molecule has 0 fully saturated rings. The summed E-state index contributed by atoms with van der Waals surface area (Å²) in [7, 11) is 1.60. The molecule has 4 aromatic rings. The lowest BCUT2D eigenvalue weighted by Crippen LogP contribution is -2.23. The Labute approximate surface area is 165 Å². The Kier molecular flexibility index (Phi) is 4.87. The fourth-order valence-corrected chi connectivity index (χ4v) is 3.83. The lowest BCUT2D eigenvalue weighted by atomic mass is 10.1. The van der Waals surface area contributed by atoms with Gasteiger partial charge in [-0.15, -0.1) is 5.10 Å². The summed E-state index contributed by atoms with van der Waals surface area (Å²) in [5.74, 6) is 1.35. The molecule has 0 unspecified atom stereocenters. The van der Waals surface area contributed by atoms with Crippen LogP contribution < -0.4 is 14.8 Å². The predicted octanol–water partition coefficient (Wildman–Crippen LogP) is 2.36. The van der Waals surface area contributed by atoms with E-state index in [2.05, 4.69) is 16.2 Å². The molecule has 28 heavy (non-hydrogen) atoms. The highest BCUT2D eigenvalue weighted by atomic mass is 32.1. The minimum Gasteiger partial charge on any atom is -0.496 e. The lowest BCUT2D eigenvalue weighted by Gasteiger charge is -2.02. The molecule has 0 atom stereocenters. The number of hydrogen-bond acceptors (Lipinski definition) is 6. The first kappa shape index (κ1) is 17.9. The van der Waals surface area contributed by atoms with Crippen molar-refractivity contribution in [3.05, 3.63) is 85.9 Å². The Hall–Kier alpha value is -3.50. The van der Waals surface area contributed by atoms with Crippen molar-refractivity contribution in [3.8, 4) is 11.8 Å². The number of hydrogen-bond donors (Lipinski definition) is 0. The predicted molar refractivity (Wildman–Crippen MR) is 107 cm³/mol. The van der Waals surface area contributed by atoms with Gasteiger partial charge in [-0.25, -0.2) is 4.98 Å². The summed E-state index contributed by atoms with van der Waals surface area (Å²) in [6.07, 6.45) is 3.18. The molecule has 0 aliphatic rings. The Morgan fingerprint density at radius 2 is 1.96 bits per heavy atom. The first-order valence-electron chi connectivity index (χ1n) is 8.70. The van der Waals surface area contributed by atoms with Crippen LogP contribution in [0.5, 0.6) is 5.75 Å². The van der Waals surface area contributed by atoms with Crippen LogP contribution in [0.25, 0.3) is 11.0 Å². The van der Waals surface area contributed by atoms with Crippen LogP contribution in [-0.2, 0) is 12.8 Å². The maximum Gasteiger partial charge on any atom is 0.291 e. The summed E-state index contributed by atoms with van der Waals surface area (Å²) in [6.45, 7) is 0. The molecule has 138 valence electrons. The van der Waals surface area contributed by atoms with Gasteiger partial charge in [0.15, 0.2) is 5.82 Å². The number of methoxy groups -OCH3 is 1. The Morgan fingerprint density at radius 1 is 1.18 bits per heavy atom. The number of benzene rings is 2. The smallest absolute Gasteiger partial charge is 0.291 e. The first-order chi connectivity index (χ1) is 13.7. The Morgan fingerprint density at radius 3 is 2.68 bits per heavy atom. The van der Waals surface area contributed by atoms with Gasteiger partial charge in [0.05, 0.1) is 23.3 Å². The van der Waals surface area contributed by atoms with Crippen molar-refractivity contribution >= 4 is 22.4 Å². The summed E-state index contributed by atoms with van der Waals surface area (Å²) in [6, 6.07) is 17.1. The zero-order chi connectivity index (χ0) is 19.5. The van der Waals surface area contributed by atoms with Crippen LogP contribution in [0.15, 0.2) is 53.3 Å². The molecule has 7 heteroatoms. The van der Waals surface area contributed by atoms with Gasteiger partial charge < -0.3 is 4.74 Å². The zero-order valence-electron chi connectivity index (χ0n) is 15.1. The summed E-state index contributed by atoms with van der Waals surface area (Å²) < 4.78 is 7.26. The van der Waals surface area contributed by atoms with Crippen molar-refractivity contribution in [1.82, 2.24) is 14.6 Å². The number of thiazole rings is 1. The molecular formula is C21H16N4O2S. The van der Waals surface area contributed by atoms with Gasteiger partial charge in [-0.1, -0.05) is 41.7 Å². The van der Waals surface area contributed by atoms with Gasteiger partial charge in [0.25, 0.3) is 5.56 Å². The molecule has 2 heterocycles. The lowest BCUT2D eigenvalue weighted by molar-refractivity contribution is 0.414. The van der Waals surface area contributed by atoms with Crippen LogP contribution in [-0.4, -0.2) is 21.7 Å². The number of rotatable bonds is 5. The molecule has 0 N–H and O–H groups in total. The highest BCUT2D eigenvalue weighted by Gasteiger charge is 2.11. The largest absolute Gasteiger partial charge is 0.496 e. The van der Waals surface area contributed by atoms with Crippen LogP contribution in [0.4, 0.5) is 0 Å². The average Bonchev–Trinajstić information content (AvgIpc) is 3.26. The van der Waals surface area contributed by atoms with E-state index in [1.165, 1.54) is 15.9 Å². The number of aromatic nitrogens is 3. The number of nitriles is 1. The standard InChI is InChI=1S/C21H16N4O2S/c1-27-17-5-3-2-4-16(17)12-18-20(26)25-21(28-18)23-19(24-25)11-10-14-6-8-15(13-22)9-7-14/h2-9,12H,10-11H2,1H3/b18-12-. The third-order valence-electron chi connectivity index (χ3n) is 4.37. The zero-order valence-corrected chi connectivity index (χ0v) is 15.9. The highest BCUT2D eigenvalue weighted by molar-refractivity contribution is 7.15. The quantitative estimate of drug-likeness (QED) is 0.524. The molecule has 6 nitrogen and oxygen atoms in total. The van der Waals surface area contributed by atoms with Gasteiger partial charge in [-0.2, -0.15) is 9.78 Å². The number of para-hydroxylation sites is 1. The number of nitrogens with zero attached hydrogens (tertiary/aromatic N) is 4. The van der Waals surface area contributed by atoms with Crippen LogP contribution in [0.3, 0.4) is 0 Å². The SMILES string of the molecule is COc1ccccc1/C=c1\sc2nc(CCc3ccc(C#N)cc3)nn2c1=O. The van der Waals surface area contributed by atoms with Gasteiger partial charge in [0.1, 0.15) is 5.75 Å². The van der Waals surface area contributed by atoms with E-state index in [4.69, 9.17) is 10.00 Å². The Balaban J connectivity index is 1.58. The fourth-order valence-electron chi connectivity index (χ4n) is 2.91. The first-order valence-corrected chi connectivity index (χ1v) is 9.52. The minimum absolute atomic E-state index is 0.178. The maximum absolute atomic E-state index is 12.7. The van der Waals surface area contributed by atoms with Crippen molar-refractivity contribution in [2.24, 2.45) is 0 Å². The minimum atomic E-state index is -0.178. The van der Waals surface area contributed by atoms with Crippen molar-refractivity contribution in [2.75, 3.05) is 7.11 Å². The van der Waals surface area contributed by atoms with Gasteiger partial charge in [0.2, 0.25) is 4.96 Å². The second-order valence-corrected chi connectivity index (χ2v) is 7.20. The van der Waals surface area contributed by atoms with Crippen LogP contribution in [0, 0.1) is 11.3 Å². The van der Waals surface area contributed by atoms with E-state index < -0.39 is 0 Å². The van der Waals surface area contributed by atoms with E-state index in [-0.39, 0.29) is 5.56 Å². The summed E-state index contributed by atoms with van der Waals surface area (Å²) in [5.41, 5.74) is 2.40. The molecule has 2 aromatic heterocycles. The van der Waals surface area contributed by atoms with Crippen molar-refractivity contribution in [3.63, 3.8) is 0 Å². The van der Waals surface area contributed by atoms with Crippen LogP contribution >= 0.6 is 11.3 Å². The average molecular weight is 388 g/mol. The van der Waals surface area contributed by atoms with E-state index in [1.54, 1.807) is 25.3 Å². The monoisotopic (exact) mass is 388 g/mol. The normalized spacial score (nSPS) is 11.6. The van der Waals surface area contributed by atoms with Crippen molar-refractivity contribution < 1.29 is 4.74 Å². The Bertz CT molecular complexity index is 1280. The van der Waals surface area contributed by atoms with Gasteiger partial charge in [-0.3, -0.25) is 4.79 Å². The molecule has 0 aliphatic carbocycles. The molecule has 4 rings (SSSR count). The number of fused-ring (bicyclic) bond motifs is 1. The molecule has 2 aromatic carbocycles. The van der Waals surface area contributed by atoms with Gasteiger partial charge in [-0.05, 0) is 36.3 Å². The highest BCUT2D eigenvalue weighted by Crippen LogP contribution is 2.18. The molecule has 0 saturated carbocycles. The van der Waals surface area contributed by atoms with Crippen LogP contribution in [0.2, 0.25) is 0 Å². The maximum atomic E-state index is 12.7. The second kappa shape index (κ2) is 7.62. The molecular weight excluding hydrogens is 372 g/mol. The fraction of sp³-hybridized carbons (Fsp3) is 0.143. The van der Waals surface area contributed by atoms with Gasteiger partial charge >= 0.3 is 0 Å². The third kappa shape index (κ3) is 3.50. The summed E-state index contributed by atoms with van der Waals surface area (Å²) in [5, 5.41) is 13.2. The van der Waals surface area contributed by atoms with E-state index in [0.717, 1.165) is 17.5 Å². The molecule has 0 radical (unpaired) electrons. The van der Waals surface area contributed by atoms with E-state index in [1.807, 2.05) is 36.4 Å². The van der Waals surface area contributed by atoms with E-state index in [0.29, 0.717) is 33.1 Å². The second-order valence-electron chi connectivity index (χ2n) is 6.19. The van der Waals surface area contributed by atoms with Gasteiger partial charge in [0, 0.05) is 12.0 Å². The summed E-state index contributed by atoms with van der Waals surface area (Å²) >= 11 is 1.32. The van der Waals surface area contributed by atoms with E-state index >= 15 is 0 Å². The molecule has 0 bridgehead atoms. The number of aryl methyl sites for hydroxylation is 2. The molecule has 0 spiro atoms. The van der Waals surface area contributed by atoms with Crippen molar-refractivity contribution in [1.29, 1.82) is 5.26 Å². The van der Waals surface area contributed by atoms with Crippen LogP contribution in [0.1, 0.15) is 22.5 Å². The topological polar surface area (TPSA) is 80.3 Å².